The van der Waals surface area contributed by atoms with E-state index in [9.17, 15) is 8.42 Å². The topological polar surface area (TPSA) is 97.8 Å². The monoisotopic (exact) mass is 342 g/mol. The second-order valence-corrected chi connectivity index (χ2v) is 7.69. The van der Waals surface area contributed by atoms with Crippen molar-refractivity contribution in [2.24, 2.45) is 0 Å². The maximum atomic E-state index is 10.8. The Morgan fingerprint density at radius 2 is 2.15 bits per heavy atom. The van der Waals surface area contributed by atoms with Crippen LogP contribution in [0.1, 0.15) is 30.5 Å². The number of nitrogens with zero attached hydrogens (tertiary/aromatic N) is 1. The standard InChI is InChI=1S/C10H15ClN2O5S2/c1-5-8(19-9(11)13-5)7-6(4-12-20(14,15)16)17-10(2,3)18-7/h6-7,12H,4H2,1-3H3,(H,14,15,16). The summed E-state index contributed by atoms with van der Waals surface area (Å²) in [5.41, 5.74) is 0.711. The Balaban J connectivity index is 2.22. The molecule has 0 bridgehead atoms. The first kappa shape index (κ1) is 16.1. The van der Waals surface area contributed by atoms with Gasteiger partial charge >= 0.3 is 10.3 Å². The molecular formula is C10H15ClN2O5S2. The van der Waals surface area contributed by atoms with Crippen LogP contribution >= 0.6 is 22.9 Å². The third-order valence-electron chi connectivity index (χ3n) is 2.72. The number of rotatable bonds is 4. The van der Waals surface area contributed by atoms with Crippen molar-refractivity contribution in [3.63, 3.8) is 0 Å². The predicted octanol–water partition coefficient (Wildman–Crippen LogP) is 1.69. The number of thiazole rings is 1. The number of hydrogen-bond acceptors (Lipinski definition) is 6. The summed E-state index contributed by atoms with van der Waals surface area (Å²) in [4.78, 5) is 4.89. The molecule has 2 heterocycles. The van der Waals surface area contributed by atoms with E-state index in [4.69, 9.17) is 25.6 Å². The van der Waals surface area contributed by atoms with E-state index in [0.717, 1.165) is 4.88 Å². The molecule has 0 radical (unpaired) electrons. The normalized spacial score (nSPS) is 26.1. The van der Waals surface area contributed by atoms with Gasteiger partial charge in [0, 0.05) is 6.54 Å². The lowest BCUT2D eigenvalue weighted by Crippen LogP contribution is -2.34. The van der Waals surface area contributed by atoms with Crippen LogP contribution in [0.5, 0.6) is 0 Å². The fraction of sp³-hybridized carbons (Fsp3) is 0.700. The summed E-state index contributed by atoms with van der Waals surface area (Å²) in [6.07, 6.45) is -1.08. The van der Waals surface area contributed by atoms with Gasteiger partial charge in [0.25, 0.3) is 0 Å². The lowest BCUT2D eigenvalue weighted by molar-refractivity contribution is -0.146. The second kappa shape index (κ2) is 5.48. The molecule has 20 heavy (non-hydrogen) atoms. The summed E-state index contributed by atoms with van der Waals surface area (Å²) in [5, 5.41) is 0. The fourth-order valence-electron chi connectivity index (χ4n) is 2.03. The Hall–Kier alpha value is -0.290. The van der Waals surface area contributed by atoms with Crippen LogP contribution < -0.4 is 4.72 Å². The minimum atomic E-state index is -4.28. The van der Waals surface area contributed by atoms with Crippen LogP contribution in [-0.4, -0.2) is 36.4 Å². The first-order valence-corrected chi connectivity index (χ1v) is 8.41. The van der Waals surface area contributed by atoms with Gasteiger partial charge < -0.3 is 9.47 Å². The molecule has 2 atom stereocenters. The largest absolute Gasteiger partial charge is 0.343 e. The summed E-state index contributed by atoms with van der Waals surface area (Å²) in [6, 6.07) is 0. The van der Waals surface area contributed by atoms with Crippen molar-refractivity contribution < 1.29 is 22.4 Å². The lowest BCUT2D eigenvalue weighted by Gasteiger charge is -2.16. The number of aryl methyl sites for hydroxylation is 1. The van der Waals surface area contributed by atoms with Crippen LogP contribution in [0.3, 0.4) is 0 Å². The van der Waals surface area contributed by atoms with E-state index in [1.807, 2.05) is 4.72 Å². The van der Waals surface area contributed by atoms with Gasteiger partial charge in [-0.05, 0) is 20.8 Å². The first-order valence-electron chi connectivity index (χ1n) is 5.78. The molecular weight excluding hydrogens is 328 g/mol. The van der Waals surface area contributed by atoms with Crippen molar-refractivity contribution in [1.29, 1.82) is 0 Å². The highest BCUT2D eigenvalue weighted by atomic mass is 35.5. The van der Waals surface area contributed by atoms with Crippen LogP contribution in [0.15, 0.2) is 0 Å². The van der Waals surface area contributed by atoms with Crippen LogP contribution in [0.4, 0.5) is 0 Å². The van der Waals surface area contributed by atoms with Gasteiger partial charge in [-0.25, -0.2) is 4.98 Å². The second-order valence-electron chi connectivity index (χ2n) is 4.83. The fourth-order valence-corrected chi connectivity index (χ4v) is 3.66. The molecule has 1 saturated heterocycles. The minimum absolute atomic E-state index is 0.109. The SMILES string of the molecule is Cc1nc(Cl)sc1C1OC(C)(C)OC1CNS(=O)(=O)O. The number of halogens is 1. The predicted molar refractivity (Wildman–Crippen MR) is 74.2 cm³/mol. The van der Waals surface area contributed by atoms with E-state index in [-0.39, 0.29) is 6.54 Å². The quantitative estimate of drug-likeness (QED) is 0.808. The molecule has 10 heteroatoms. The van der Waals surface area contributed by atoms with Crippen LogP contribution in [0.2, 0.25) is 4.47 Å². The average molecular weight is 343 g/mol. The molecule has 1 aliphatic heterocycles. The van der Waals surface area contributed by atoms with Crippen molar-refractivity contribution in [2.45, 2.75) is 38.8 Å². The van der Waals surface area contributed by atoms with Crippen molar-refractivity contribution >= 4 is 33.2 Å². The van der Waals surface area contributed by atoms with Crippen LogP contribution in [0.25, 0.3) is 0 Å². The van der Waals surface area contributed by atoms with E-state index in [0.29, 0.717) is 10.2 Å². The van der Waals surface area contributed by atoms with Gasteiger partial charge in [-0.1, -0.05) is 11.6 Å². The van der Waals surface area contributed by atoms with Crippen molar-refractivity contribution in [1.82, 2.24) is 9.71 Å². The Morgan fingerprint density at radius 3 is 2.65 bits per heavy atom. The van der Waals surface area contributed by atoms with Gasteiger partial charge in [-0.2, -0.15) is 13.1 Å². The van der Waals surface area contributed by atoms with E-state index in [1.165, 1.54) is 11.3 Å². The van der Waals surface area contributed by atoms with Crippen molar-refractivity contribution in [3.05, 3.63) is 15.0 Å². The zero-order chi connectivity index (χ0) is 15.1. The molecule has 1 aliphatic rings. The number of hydrogen-bond donors (Lipinski definition) is 2. The summed E-state index contributed by atoms with van der Waals surface area (Å²) in [7, 11) is -4.28. The molecule has 1 aromatic rings. The van der Waals surface area contributed by atoms with E-state index >= 15 is 0 Å². The van der Waals surface area contributed by atoms with Gasteiger partial charge in [0.1, 0.15) is 12.2 Å². The molecule has 0 saturated carbocycles. The zero-order valence-electron chi connectivity index (χ0n) is 11.1. The Labute approximate surface area is 126 Å². The number of ether oxygens (including phenoxy) is 2. The third kappa shape index (κ3) is 3.88. The molecule has 1 aromatic heterocycles. The lowest BCUT2D eigenvalue weighted by atomic mass is 10.1. The smallest absolute Gasteiger partial charge is 0.333 e. The third-order valence-corrected chi connectivity index (χ3v) is 4.57. The maximum absolute atomic E-state index is 10.8. The van der Waals surface area contributed by atoms with E-state index < -0.39 is 28.3 Å². The van der Waals surface area contributed by atoms with Gasteiger partial charge in [0.2, 0.25) is 0 Å². The summed E-state index contributed by atoms with van der Waals surface area (Å²) < 4.78 is 44.1. The molecule has 2 rings (SSSR count). The zero-order valence-corrected chi connectivity index (χ0v) is 13.5. The summed E-state index contributed by atoms with van der Waals surface area (Å²) in [5.74, 6) is -0.862. The summed E-state index contributed by atoms with van der Waals surface area (Å²) in [6.45, 7) is 5.14. The highest BCUT2D eigenvalue weighted by molar-refractivity contribution is 7.83. The molecule has 7 nitrogen and oxygen atoms in total. The molecule has 0 aliphatic carbocycles. The van der Waals surface area contributed by atoms with Crippen LogP contribution in [-0.2, 0) is 19.8 Å². The van der Waals surface area contributed by atoms with Crippen molar-refractivity contribution in [3.8, 4) is 0 Å². The van der Waals surface area contributed by atoms with Gasteiger partial charge in [-0.3, -0.25) is 4.55 Å². The highest BCUT2D eigenvalue weighted by Gasteiger charge is 2.43. The molecule has 0 amide bonds. The van der Waals surface area contributed by atoms with Gasteiger partial charge in [0.15, 0.2) is 10.3 Å². The molecule has 2 N–H and O–H groups in total. The summed E-state index contributed by atoms with van der Waals surface area (Å²) >= 11 is 7.13. The first-order chi connectivity index (χ1) is 9.07. The Morgan fingerprint density at radius 1 is 1.50 bits per heavy atom. The highest BCUT2D eigenvalue weighted by Crippen LogP contribution is 2.42. The molecule has 114 valence electrons. The molecule has 0 spiro atoms. The molecule has 1 fully saturated rings. The number of nitrogens with one attached hydrogen (secondary N) is 1. The minimum Gasteiger partial charge on any atom is -0.343 e. The van der Waals surface area contributed by atoms with Gasteiger partial charge in [0.05, 0.1) is 10.6 Å². The van der Waals surface area contributed by atoms with E-state index in [2.05, 4.69) is 4.98 Å². The van der Waals surface area contributed by atoms with E-state index in [1.54, 1.807) is 20.8 Å². The van der Waals surface area contributed by atoms with Crippen molar-refractivity contribution in [2.75, 3.05) is 6.54 Å². The Kier molecular flexibility index (Phi) is 4.41. The van der Waals surface area contributed by atoms with Gasteiger partial charge in [-0.15, -0.1) is 11.3 Å². The molecule has 2 unspecified atom stereocenters. The Bertz CT molecular complexity index is 601. The maximum Gasteiger partial charge on any atom is 0.333 e. The molecule has 0 aromatic carbocycles. The van der Waals surface area contributed by atoms with Crippen LogP contribution in [0, 0.1) is 6.92 Å². The number of aromatic nitrogens is 1. The average Bonchev–Trinajstić information content (AvgIpc) is 2.74.